The molecule has 3 rings (SSSR count). The summed E-state index contributed by atoms with van der Waals surface area (Å²) in [6, 6.07) is 14.1. The fourth-order valence-corrected chi connectivity index (χ4v) is 4.75. The minimum Gasteiger partial charge on any atom is -0.497 e. The lowest BCUT2D eigenvalue weighted by atomic mass is 10.2. The zero-order valence-electron chi connectivity index (χ0n) is 16.5. The number of methoxy groups -OCH3 is 2. The minimum atomic E-state index is -3.72. The number of amides is 1. The number of carbonyl (C=O) groups excluding carboxylic acids is 1. The third kappa shape index (κ3) is 5.26. The Bertz CT molecular complexity index is 930. The van der Waals surface area contributed by atoms with Crippen LogP contribution in [-0.2, 0) is 21.5 Å². The third-order valence-electron chi connectivity index (χ3n) is 4.68. The monoisotopic (exact) mass is 419 g/mol. The van der Waals surface area contributed by atoms with Crippen molar-refractivity contribution in [2.45, 2.75) is 13.0 Å². The van der Waals surface area contributed by atoms with Gasteiger partial charge in [-0.3, -0.25) is 4.79 Å². The van der Waals surface area contributed by atoms with Gasteiger partial charge in [0.15, 0.2) is 0 Å². The van der Waals surface area contributed by atoms with E-state index in [9.17, 15) is 13.2 Å². The van der Waals surface area contributed by atoms with Crippen LogP contribution in [0.15, 0.2) is 48.5 Å². The van der Waals surface area contributed by atoms with E-state index in [1.165, 1.54) is 8.61 Å². The zero-order valence-corrected chi connectivity index (χ0v) is 17.3. The Hall–Kier alpha value is -2.62. The van der Waals surface area contributed by atoms with Crippen LogP contribution in [0.25, 0.3) is 0 Å². The van der Waals surface area contributed by atoms with Crippen molar-refractivity contribution < 1.29 is 22.7 Å². The van der Waals surface area contributed by atoms with Crippen LogP contribution in [0.3, 0.4) is 0 Å². The smallest absolute Gasteiger partial charge is 0.282 e. The van der Waals surface area contributed by atoms with Gasteiger partial charge in [-0.2, -0.15) is 17.0 Å². The van der Waals surface area contributed by atoms with Gasteiger partial charge in [0, 0.05) is 25.3 Å². The van der Waals surface area contributed by atoms with E-state index < -0.39 is 10.2 Å². The summed E-state index contributed by atoms with van der Waals surface area (Å²) in [6.45, 7) is 0.763. The molecule has 2 aromatic rings. The second-order valence-electron chi connectivity index (χ2n) is 6.65. The molecule has 1 heterocycles. The maximum absolute atomic E-state index is 12.9. The van der Waals surface area contributed by atoms with Crippen molar-refractivity contribution in [3.8, 4) is 11.5 Å². The van der Waals surface area contributed by atoms with Crippen molar-refractivity contribution in [1.82, 2.24) is 8.61 Å². The van der Waals surface area contributed by atoms with Gasteiger partial charge in [-0.1, -0.05) is 12.1 Å². The number of anilines is 1. The predicted molar refractivity (Wildman–Crippen MR) is 110 cm³/mol. The Labute approximate surface area is 171 Å². The average Bonchev–Trinajstić information content (AvgIpc) is 2.72. The van der Waals surface area contributed by atoms with Crippen LogP contribution in [0.2, 0.25) is 0 Å². The molecule has 0 radical (unpaired) electrons. The lowest BCUT2D eigenvalue weighted by Gasteiger charge is -2.34. The predicted octanol–water partition coefficient (Wildman–Crippen LogP) is 2.09. The lowest BCUT2D eigenvalue weighted by Crippen LogP contribution is -2.51. The molecule has 0 unspecified atom stereocenters. The Balaban J connectivity index is 1.63. The summed E-state index contributed by atoms with van der Waals surface area (Å²) >= 11 is 0. The molecule has 1 N–H and O–H groups in total. The summed E-state index contributed by atoms with van der Waals surface area (Å²) in [5.41, 5.74) is 1.44. The molecule has 0 aromatic heterocycles. The average molecular weight is 420 g/mol. The fourth-order valence-electron chi connectivity index (χ4n) is 3.11. The highest BCUT2D eigenvalue weighted by atomic mass is 32.2. The normalized spacial score (nSPS) is 16.9. The summed E-state index contributed by atoms with van der Waals surface area (Å²) < 4.78 is 38.7. The van der Waals surface area contributed by atoms with E-state index in [0.29, 0.717) is 36.7 Å². The van der Waals surface area contributed by atoms with Crippen molar-refractivity contribution in [2.24, 2.45) is 0 Å². The van der Waals surface area contributed by atoms with Gasteiger partial charge in [0.05, 0.1) is 20.8 Å². The third-order valence-corrected chi connectivity index (χ3v) is 6.61. The van der Waals surface area contributed by atoms with E-state index in [1.807, 2.05) is 12.1 Å². The van der Waals surface area contributed by atoms with Gasteiger partial charge in [-0.05, 0) is 48.4 Å². The van der Waals surface area contributed by atoms with Crippen molar-refractivity contribution in [3.63, 3.8) is 0 Å². The molecule has 1 aliphatic heterocycles. The van der Waals surface area contributed by atoms with Crippen LogP contribution >= 0.6 is 0 Å². The molecule has 8 nitrogen and oxygen atoms in total. The molecule has 1 aliphatic rings. The van der Waals surface area contributed by atoms with Crippen LogP contribution in [0.1, 0.15) is 12.0 Å². The molecule has 29 heavy (non-hydrogen) atoms. The molecule has 1 fully saturated rings. The van der Waals surface area contributed by atoms with Crippen LogP contribution in [0, 0.1) is 0 Å². The van der Waals surface area contributed by atoms with Crippen molar-refractivity contribution in [3.05, 3.63) is 54.1 Å². The topological polar surface area (TPSA) is 88.2 Å². The standard InChI is InChI=1S/C20H25N3O5S/c1-27-18-8-4-16(5-9-18)14-22-12-3-13-23(29(22,25)26)15-20(24)21-17-6-10-19(28-2)11-7-17/h4-11H,3,12-15H2,1-2H3,(H,21,24). The highest BCUT2D eigenvalue weighted by Gasteiger charge is 2.34. The second-order valence-corrected chi connectivity index (χ2v) is 8.58. The highest BCUT2D eigenvalue weighted by molar-refractivity contribution is 7.86. The molecule has 156 valence electrons. The van der Waals surface area contributed by atoms with Crippen molar-refractivity contribution in [1.29, 1.82) is 0 Å². The highest BCUT2D eigenvalue weighted by Crippen LogP contribution is 2.21. The minimum absolute atomic E-state index is 0.229. The summed E-state index contributed by atoms with van der Waals surface area (Å²) in [5, 5.41) is 2.72. The number of nitrogens with one attached hydrogen (secondary N) is 1. The number of hydrogen-bond donors (Lipinski definition) is 1. The van der Waals surface area contributed by atoms with Crippen LogP contribution < -0.4 is 14.8 Å². The molecule has 9 heteroatoms. The van der Waals surface area contributed by atoms with Gasteiger partial charge in [-0.25, -0.2) is 0 Å². The lowest BCUT2D eigenvalue weighted by molar-refractivity contribution is -0.116. The molecule has 1 saturated heterocycles. The van der Waals surface area contributed by atoms with Gasteiger partial charge < -0.3 is 14.8 Å². The first-order valence-corrected chi connectivity index (χ1v) is 10.6. The Kier molecular flexibility index (Phi) is 6.73. The Morgan fingerprint density at radius 3 is 2.07 bits per heavy atom. The first-order valence-electron chi connectivity index (χ1n) is 9.24. The molecule has 0 atom stereocenters. The quantitative estimate of drug-likeness (QED) is 0.743. The van der Waals surface area contributed by atoms with E-state index >= 15 is 0 Å². The zero-order chi connectivity index (χ0) is 20.9. The molecular weight excluding hydrogens is 394 g/mol. The fraction of sp³-hybridized carbons (Fsp3) is 0.350. The largest absolute Gasteiger partial charge is 0.497 e. The van der Waals surface area contributed by atoms with Crippen molar-refractivity contribution in [2.75, 3.05) is 39.2 Å². The summed E-state index contributed by atoms with van der Waals surface area (Å²) in [7, 11) is -0.577. The van der Waals surface area contributed by atoms with Crippen LogP contribution in [0.5, 0.6) is 11.5 Å². The van der Waals surface area contributed by atoms with Crippen molar-refractivity contribution >= 4 is 21.8 Å². The molecular formula is C20H25N3O5S. The number of rotatable bonds is 7. The van der Waals surface area contributed by atoms with Gasteiger partial charge in [0.1, 0.15) is 11.5 Å². The first kappa shape index (κ1) is 21.1. The second kappa shape index (κ2) is 9.25. The number of nitrogens with zero attached hydrogens (tertiary/aromatic N) is 2. The molecule has 0 aliphatic carbocycles. The van der Waals surface area contributed by atoms with E-state index in [4.69, 9.17) is 9.47 Å². The molecule has 1 amide bonds. The van der Waals surface area contributed by atoms with E-state index in [-0.39, 0.29) is 19.0 Å². The van der Waals surface area contributed by atoms with Gasteiger partial charge in [-0.15, -0.1) is 0 Å². The number of carbonyl (C=O) groups is 1. The van der Waals surface area contributed by atoms with E-state index in [2.05, 4.69) is 5.32 Å². The SMILES string of the molecule is COc1ccc(CN2CCCN(CC(=O)Nc3ccc(OC)cc3)S2(=O)=O)cc1. The maximum atomic E-state index is 12.9. The van der Waals surface area contributed by atoms with Gasteiger partial charge in [0.25, 0.3) is 10.2 Å². The van der Waals surface area contributed by atoms with E-state index in [0.717, 1.165) is 5.56 Å². The number of hydrogen-bond acceptors (Lipinski definition) is 5. The van der Waals surface area contributed by atoms with Gasteiger partial charge >= 0.3 is 0 Å². The van der Waals surface area contributed by atoms with E-state index in [1.54, 1.807) is 50.6 Å². The first-order chi connectivity index (χ1) is 13.9. The summed E-state index contributed by atoms with van der Waals surface area (Å²) in [6.07, 6.45) is 0.658. The maximum Gasteiger partial charge on any atom is 0.282 e. The molecule has 0 spiro atoms. The number of benzene rings is 2. The molecule has 2 aromatic carbocycles. The van der Waals surface area contributed by atoms with Gasteiger partial charge in [0.2, 0.25) is 5.91 Å². The van der Waals surface area contributed by atoms with Crippen LogP contribution in [0.4, 0.5) is 5.69 Å². The Morgan fingerprint density at radius 1 is 0.931 bits per heavy atom. The molecule has 0 saturated carbocycles. The Morgan fingerprint density at radius 2 is 1.48 bits per heavy atom. The summed E-state index contributed by atoms with van der Waals surface area (Å²) in [5.74, 6) is 1.01. The summed E-state index contributed by atoms with van der Waals surface area (Å²) in [4.78, 5) is 12.4. The van der Waals surface area contributed by atoms with Crippen LogP contribution in [-0.4, -0.2) is 56.8 Å². The number of ether oxygens (including phenoxy) is 2. The molecule has 0 bridgehead atoms.